The Labute approximate surface area is 95.7 Å². The first-order valence-electron chi connectivity index (χ1n) is 3.65. The van der Waals surface area contributed by atoms with Crippen LogP contribution in [0, 0.1) is 13.0 Å². The predicted molar refractivity (Wildman–Crippen MR) is 52.0 cm³/mol. The third kappa shape index (κ3) is 4.63. The van der Waals surface area contributed by atoms with E-state index in [1.807, 2.05) is 13.0 Å². The third-order valence-electron chi connectivity index (χ3n) is 1.41. The van der Waals surface area contributed by atoms with Crippen molar-refractivity contribution < 1.29 is 25.8 Å². The van der Waals surface area contributed by atoms with Crippen molar-refractivity contribution in [2.24, 2.45) is 0 Å². The second-order valence-corrected chi connectivity index (χ2v) is 2.27. The quantitative estimate of drug-likeness (QED) is 0.617. The van der Waals surface area contributed by atoms with E-state index in [4.69, 9.17) is 9.47 Å². The molecule has 0 spiro atoms. The van der Waals surface area contributed by atoms with Gasteiger partial charge in [0.05, 0.1) is 14.2 Å². The molecule has 68 valence electrons. The molecule has 1 aromatic rings. The number of aryl methyl sites for hydroxylation is 1. The van der Waals surface area contributed by atoms with Crippen LogP contribution in [0.15, 0.2) is 12.1 Å². The van der Waals surface area contributed by atoms with Gasteiger partial charge in [0.2, 0.25) is 0 Å². The van der Waals surface area contributed by atoms with E-state index >= 15 is 0 Å². The van der Waals surface area contributed by atoms with Crippen molar-refractivity contribution in [2.75, 3.05) is 14.2 Å². The summed E-state index contributed by atoms with van der Waals surface area (Å²) in [5.74, 6) is 1.51. The van der Waals surface area contributed by atoms with Gasteiger partial charge in [-0.25, -0.2) is 0 Å². The molecule has 4 heteroatoms. The summed E-state index contributed by atoms with van der Waals surface area (Å²) in [6.45, 7) is 1.95. The number of benzene rings is 1. The van der Waals surface area contributed by atoms with Gasteiger partial charge in [-0.1, -0.05) is 13.0 Å². The first kappa shape index (κ1) is 12.9. The minimum absolute atomic E-state index is 0.710. The first-order valence-corrected chi connectivity index (χ1v) is 10.6. The van der Waals surface area contributed by atoms with E-state index in [-0.39, 0.29) is 0 Å². The van der Waals surface area contributed by atoms with Crippen LogP contribution >= 0.6 is 13.6 Å². The van der Waals surface area contributed by atoms with Crippen molar-refractivity contribution in [3.63, 3.8) is 0 Å². The molecule has 0 amide bonds. The van der Waals surface area contributed by atoms with Gasteiger partial charge in [0.15, 0.2) is 0 Å². The zero-order chi connectivity index (χ0) is 10.3. The molecule has 2 nitrogen and oxygen atoms in total. The summed E-state index contributed by atoms with van der Waals surface area (Å²) < 4.78 is 10.0. The summed E-state index contributed by atoms with van der Waals surface area (Å²) >= 11 is 4.25. The van der Waals surface area contributed by atoms with E-state index in [2.05, 4.69) is 19.7 Å². The molecule has 0 aliphatic carbocycles. The molecule has 0 aliphatic heterocycles. The van der Waals surface area contributed by atoms with Gasteiger partial charge < -0.3 is 9.47 Å². The molecule has 0 aromatic heterocycles. The average molecular weight is 296 g/mol. The number of halogens is 1. The fourth-order valence-electron chi connectivity index (χ4n) is 0.879. The molecule has 0 N–H and O–H groups in total. The van der Waals surface area contributed by atoms with Gasteiger partial charge in [0, 0.05) is 11.5 Å². The Morgan fingerprint density at radius 2 is 1.85 bits per heavy atom. The van der Waals surface area contributed by atoms with Crippen LogP contribution in [-0.2, 0) is 16.3 Å². The van der Waals surface area contributed by atoms with Crippen molar-refractivity contribution in [3.05, 3.63) is 23.8 Å². The molecule has 0 atom stereocenters. The first-order chi connectivity index (χ1) is 6.26. The Balaban J connectivity index is 0.000000671. The molecule has 0 fully saturated rings. The number of methoxy groups -OCH3 is 2. The fourth-order valence-corrected chi connectivity index (χ4v) is 0.879. The number of rotatable bonds is 2. The molecule has 13 heavy (non-hydrogen) atoms. The Hall–Kier alpha value is -0.0766. The molecule has 1 rings (SSSR count). The number of hydrogen-bond acceptors (Lipinski definition) is 2. The van der Waals surface area contributed by atoms with E-state index in [1.54, 1.807) is 20.3 Å². The van der Waals surface area contributed by atoms with Crippen LogP contribution in [0.4, 0.5) is 0 Å². The molecule has 0 saturated heterocycles. The third-order valence-corrected chi connectivity index (χ3v) is 1.41. The normalized spacial score (nSPS) is 8.46. The van der Waals surface area contributed by atoms with Gasteiger partial charge in [0.25, 0.3) is 0 Å². The summed E-state index contributed by atoms with van der Waals surface area (Å²) in [7, 11) is 3.25. The van der Waals surface area contributed by atoms with Crippen LogP contribution in [0.25, 0.3) is 0 Å². The van der Waals surface area contributed by atoms with E-state index in [0.29, 0.717) is 5.75 Å². The van der Waals surface area contributed by atoms with Crippen LogP contribution in [-0.4, -0.2) is 14.2 Å². The summed E-state index contributed by atoms with van der Waals surface area (Å²) in [6.07, 6.45) is 0. The minimum atomic E-state index is 0.710. The SMILES string of the molecule is COc1[c-]c(C)cc(OC)c1.[Zn+][Br]. The van der Waals surface area contributed by atoms with Gasteiger partial charge in [-0.05, 0) is 0 Å². The molecule has 0 saturated carbocycles. The topological polar surface area (TPSA) is 18.5 Å². The average Bonchev–Trinajstić information content (AvgIpc) is 2.20. The molecular weight excluding hydrogens is 285 g/mol. The molecule has 0 aliphatic rings. The summed E-state index contributed by atoms with van der Waals surface area (Å²) in [4.78, 5) is 0. The fraction of sp³-hybridized carbons (Fsp3) is 0.333. The number of hydrogen-bond donors (Lipinski definition) is 0. The maximum atomic E-state index is 5.04. The number of ether oxygens (including phenoxy) is 2. The van der Waals surface area contributed by atoms with Crippen molar-refractivity contribution in [3.8, 4) is 11.5 Å². The van der Waals surface area contributed by atoms with Crippen molar-refractivity contribution in [1.82, 2.24) is 0 Å². The molecular formula is C9H11BrO2Zn. The molecule has 0 unspecified atom stereocenters. The van der Waals surface area contributed by atoms with Gasteiger partial charge in [-0.15, -0.1) is 12.1 Å². The Morgan fingerprint density at radius 1 is 1.23 bits per heavy atom. The van der Waals surface area contributed by atoms with E-state index < -0.39 is 0 Å². The zero-order valence-corrected chi connectivity index (χ0v) is 12.6. The van der Waals surface area contributed by atoms with Gasteiger partial charge in [-0.3, -0.25) is 0 Å². The molecule has 1 aromatic carbocycles. The van der Waals surface area contributed by atoms with E-state index in [9.17, 15) is 0 Å². The summed E-state index contributed by atoms with van der Waals surface area (Å²) in [5, 5.41) is 0. The Bertz CT molecular complexity index is 231. The van der Waals surface area contributed by atoms with Crippen molar-refractivity contribution in [1.29, 1.82) is 0 Å². The second kappa shape index (κ2) is 7.34. The van der Waals surface area contributed by atoms with Crippen LogP contribution in [0.1, 0.15) is 5.56 Å². The van der Waals surface area contributed by atoms with Crippen molar-refractivity contribution in [2.45, 2.75) is 6.92 Å². The zero-order valence-electron chi connectivity index (χ0n) is 8.06. The van der Waals surface area contributed by atoms with Gasteiger partial charge in [-0.2, -0.15) is 5.56 Å². The van der Waals surface area contributed by atoms with Crippen LogP contribution in [0.3, 0.4) is 0 Å². The molecule has 0 bridgehead atoms. The van der Waals surface area contributed by atoms with E-state index in [1.165, 1.54) is 16.3 Å². The monoisotopic (exact) mass is 294 g/mol. The maximum absolute atomic E-state index is 5.04. The van der Waals surface area contributed by atoms with Gasteiger partial charge >= 0.3 is 30.0 Å². The second-order valence-electron chi connectivity index (χ2n) is 2.27. The standard InChI is InChI=1S/C9H11O2.BrH.Zn/c1-7-4-8(10-2)6-9(5-7)11-3;;/h4,6H,1-3H3;1H;/q-1;;+2/p-1. The van der Waals surface area contributed by atoms with Crippen LogP contribution in [0.5, 0.6) is 11.5 Å². The predicted octanol–water partition coefficient (Wildman–Crippen LogP) is 2.66. The van der Waals surface area contributed by atoms with Crippen LogP contribution < -0.4 is 9.47 Å². The van der Waals surface area contributed by atoms with Crippen molar-refractivity contribution >= 4 is 13.6 Å². The van der Waals surface area contributed by atoms with Gasteiger partial charge in [0.1, 0.15) is 0 Å². The summed E-state index contributed by atoms with van der Waals surface area (Å²) in [6, 6.07) is 6.73. The molecule has 0 heterocycles. The van der Waals surface area contributed by atoms with E-state index in [0.717, 1.165) is 11.3 Å². The summed E-state index contributed by atoms with van der Waals surface area (Å²) in [5.41, 5.74) is 1.02. The Morgan fingerprint density at radius 3 is 2.31 bits per heavy atom. The Kier molecular flexibility index (Phi) is 7.30. The molecule has 0 radical (unpaired) electrons. The van der Waals surface area contributed by atoms with Crippen LogP contribution in [0.2, 0.25) is 0 Å².